The number of nitrogens with zero attached hydrogens (tertiary/aromatic N) is 1. The van der Waals surface area contributed by atoms with Gasteiger partial charge in [0.2, 0.25) is 0 Å². The van der Waals surface area contributed by atoms with Gasteiger partial charge in [0, 0.05) is 36.1 Å². The zero-order valence-electron chi connectivity index (χ0n) is 12.8. The summed E-state index contributed by atoms with van der Waals surface area (Å²) in [5.74, 6) is 2.72. The number of hydrogen-bond donors (Lipinski definition) is 1. The van der Waals surface area contributed by atoms with Crippen LogP contribution in [0.2, 0.25) is 0 Å². The van der Waals surface area contributed by atoms with Gasteiger partial charge >= 0.3 is 0 Å². The Labute approximate surface area is 122 Å². The van der Waals surface area contributed by atoms with Crippen molar-refractivity contribution in [3.63, 3.8) is 0 Å². The van der Waals surface area contributed by atoms with Crippen molar-refractivity contribution in [1.29, 1.82) is 0 Å². The molecule has 1 aromatic heterocycles. The van der Waals surface area contributed by atoms with Gasteiger partial charge in [-0.05, 0) is 50.1 Å². The Bertz CT molecular complexity index is 629. The van der Waals surface area contributed by atoms with Gasteiger partial charge in [0.25, 0.3) is 0 Å². The molecule has 1 N–H and O–H groups in total. The quantitative estimate of drug-likeness (QED) is 0.623. The van der Waals surface area contributed by atoms with E-state index in [-0.39, 0.29) is 0 Å². The van der Waals surface area contributed by atoms with E-state index in [4.69, 9.17) is 6.42 Å². The molecule has 0 saturated carbocycles. The third kappa shape index (κ3) is 2.89. The lowest BCUT2D eigenvalue weighted by molar-refractivity contribution is 0.660. The Balaban J connectivity index is 2.35. The average molecular weight is 268 g/mol. The minimum Gasteiger partial charge on any atom is -0.345 e. The first-order valence-electron chi connectivity index (χ1n) is 7.41. The smallest absolute Gasteiger partial charge is 0.0485 e. The van der Waals surface area contributed by atoms with Crippen LogP contribution in [0.25, 0.3) is 10.9 Å². The van der Waals surface area contributed by atoms with E-state index in [1.807, 2.05) is 0 Å². The van der Waals surface area contributed by atoms with Crippen molar-refractivity contribution in [3.05, 3.63) is 35.0 Å². The van der Waals surface area contributed by atoms with E-state index in [9.17, 15) is 0 Å². The van der Waals surface area contributed by atoms with Crippen molar-refractivity contribution < 1.29 is 0 Å². The number of unbranched alkanes of at least 4 members (excludes halogenated alkanes) is 1. The summed E-state index contributed by atoms with van der Waals surface area (Å²) in [4.78, 5) is 0. The summed E-state index contributed by atoms with van der Waals surface area (Å²) in [6, 6.07) is 6.79. The minimum atomic E-state index is 0.844. The minimum absolute atomic E-state index is 0.844. The Kier molecular flexibility index (Phi) is 4.87. The van der Waals surface area contributed by atoms with Crippen LogP contribution in [0.4, 0.5) is 0 Å². The third-order valence-electron chi connectivity index (χ3n) is 3.99. The number of rotatable bonds is 6. The fourth-order valence-electron chi connectivity index (χ4n) is 2.70. The summed E-state index contributed by atoms with van der Waals surface area (Å²) in [6.07, 6.45) is 7.23. The molecule has 106 valence electrons. The first-order valence-corrected chi connectivity index (χ1v) is 7.41. The molecule has 0 fully saturated rings. The summed E-state index contributed by atoms with van der Waals surface area (Å²) < 4.78 is 2.40. The second-order valence-corrected chi connectivity index (χ2v) is 5.30. The van der Waals surface area contributed by atoms with Crippen molar-refractivity contribution in [3.8, 4) is 12.3 Å². The van der Waals surface area contributed by atoms with Gasteiger partial charge in [0.1, 0.15) is 0 Å². The average Bonchev–Trinajstić information content (AvgIpc) is 2.70. The van der Waals surface area contributed by atoms with Crippen LogP contribution in [0, 0.1) is 26.2 Å². The number of nitrogens with one attached hydrogen (secondary N) is 1. The monoisotopic (exact) mass is 268 g/mol. The molecule has 0 amide bonds. The predicted molar refractivity (Wildman–Crippen MR) is 86.9 cm³/mol. The topological polar surface area (TPSA) is 17.0 Å². The van der Waals surface area contributed by atoms with Gasteiger partial charge in [-0.3, -0.25) is 0 Å². The lowest BCUT2D eigenvalue weighted by Gasteiger charge is -2.08. The first-order chi connectivity index (χ1) is 9.69. The normalized spacial score (nSPS) is 10.9. The molecule has 0 saturated heterocycles. The second-order valence-electron chi connectivity index (χ2n) is 5.30. The lowest BCUT2D eigenvalue weighted by atomic mass is 10.1. The van der Waals surface area contributed by atoms with Crippen molar-refractivity contribution in [2.24, 2.45) is 0 Å². The van der Waals surface area contributed by atoms with E-state index in [1.54, 1.807) is 0 Å². The molecule has 0 bridgehead atoms. The molecular weight excluding hydrogens is 244 g/mol. The Morgan fingerprint density at radius 1 is 1.30 bits per heavy atom. The van der Waals surface area contributed by atoms with Gasteiger partial charge in [-0.15, -0.1) is 12.3 Å². The van der Waals surface area contributed by atoms with Crippen LogP contribution in [-0.2, 0) is 13.1 Å². The van der Waals surface area contributed by atoms with Gasteiger partial charge < -0.3 is 9.88 Å². The van der Waals surface area contributed by atoms with Crippen LogP contribution in [0.1, 0.15) is 36.6 Å². The molecule has 0 spiro atoms. The zero-order chi connectivity index (χ0) is 14.5. The molecule has 20 heavy (non-hydrogen) atoms. The van der Waals surface area contributed by atoms with Crippen LogP contribution in [-0.4, -0.2) is 11.1 Å². The molecule has 2 heteroatoms. The van der Waals surface area contributed by atoms with Gasteiger partial charge in [-0.1, -0.05) is 13.0 Å². The molecule has 0 aliphatic heterocycles. The molecular formula is C18H24N2. The third-order valence-corrected chi connectivity index (χ3v) is 3.99. The number of aromatic nitrogens is 1. The maximum atomic E-state index is 5.35. The van der Waals surface area contributed by atoms with Crippen LogP contribution in [0.15, 0.2) is 18.2 Å². The maximum absolute atomic E-state index is 5.35. The van der Waals surface area contributed by atoms with Gasteiger partial charge in [-0.25, -0.2) is 0 Å². The second kappa shape index (κ2) is 6.63. The highest BCUT2D eigenvalue weighted by molar-refractivity contribution is 5.86. The summed E-state index contributed by atoms with van der Waals surface area (Å²) in [5, 5.41) is 4.76. The van der Waals surface area contributed by atoms with Crippen LogP contribution < -0.4 is 5.32 Å². The van der Waals surface area contributed by atoms with Gasteiger partial charge in [0.15, 0.2) is 0 Å². The molecule has 0 aliphatic carbocycles. The number of aryl methyl sites for hydroxylation is 2. The van der Waals surface area contributed by atoms with E-state index < -0.39 is 0 Å². The summed E-state index contributed by atoms with van der Waals surface area (Å²) in [6.45, 7) is 9.50. The van der Waals surface area contributed by atoms with E-state index in [0.29, 0.717) is 0 Å². The van der Waals surface area contributed by atoms with Crippen LogP contribution in [0.5, 0.6) is 0 Å². The Hall–Kier alpha value is -1.72. The standard InChI is InChI=1S/C18H24N2/c1-5-7-8-11-20-15(4)14(3)17-12-16(13-19-6-2)9-10-18(17)20/h1,9-10,12,19H,6-8,11,13H2,2-4H3. The van der Waals surface area contributed by atoms with Crippen molar-refractivity contribution in [2.45, 2.75) is 46.7 Å². The highest BCUT2D eigenvalue weighted by Crippen LogP contribution is 2.26. The molecule has 0 unspecified atom stereocenters. The largest absolute Gasteiger partial charge is 0.345 e. The summed E-state index contributed by atoms with van der Waals surface area (Å²) in [5.41, 5.74) is 5.43. The number of terminal acetylenes is 1. The fourth-order valence-corrected chi connectivity index (χ4v) is 2.70. The van der Waals surface area contributed by atoms with Crippen LogP contribution >= 0.6 is 0 Å². The van der Waals surface area contributed by atoms with Gasteiger partial charge in [-0.2, -0.15) is 0 Å². The lowest BCUT2D eigenvalue weighted by Crippen LogP contribution is -2.11. The highest BCUT2D eigenvalue weighted by atomic mass is 15.0. The number of hydrogen-bond acceptors (Lipinski definition) is 1. The van der Waals surface area contributed by atoms with E-state index in [0.717, 1.165) is 32.5 Å². The number of fused-ring (bicyclic) bond motifs is 1. The molecule has 2 nitrogen and oxygen atoms in total. The Morgan fingerprint density at radius 3 is 2.80 bits per heavy atom. The molecule has 2 rings (SSSR count). The molecule has 2 aromatic rings. The zero-order valence-corrected chi connectivity index (χ0v) is 12.8. The van der Waals surface area contributed by atoms with Crippen LogP contribution in [0.3, 0.4) is 0 Å². The predicted octanol–water partition coefficient (Wildman–Crippen LogP) is 3.78. The molecule has 1 heterocycles. The summed E-state index contributed by atoms with van der Waals surface area (Å²) >= 11 is 0. The molecule has 0 atom stereocenters. The fraction of sp³-hybridized carbons (Fsp3) is 0.444. The van der Waals surface area contributed by atoms with E-state index in [2.05, 4.69) is 54.8 Å². The SMILES string of the molecule is C#CCCCn1c(C)c(C)c2cc(CNCC)ccc21. The van der Waals surface area contributed by atoms with Crippen molar-refractivity contribution in [1.82, 2.24) is 9.88 Å². The van der Waals surface area contributed by atoms with Gasteiger partial charge in [0.05, 0.1) is 0 Å². The summed E-state index contributed by atoms with van der Waals surface area (Å²) in [7, 11) is 0. The van der Waals surface area contributed by atoms with E-state index in [1.165, 1.54) is 27.7 Å². The van der Waals surface area contributed by atoms with Crippen molar-refractivity contribution in [2.75, 3.05) is 6.54 Å². The Morgan fingerprint density at radius 2 is 2.10 bits per heavy atom. The molecule has 1 aromatic carbocycles. The first kappa shape index (κ1) is 14.7. The number of benzene rings is 1. The molecule has 0 aliphatic rings. The molecule has 0 radical (unpaired) electrons. The highest BCUT2D eigenvalue weighted by Gasteiger charge is 2.10. The van der Waals surface area contributed by atoms with E-state index >= 15 is 0 Å². The van der Waals surface area contributed by atoms with Crippen molar-refractivity contribution >= 4 is 10.9 Å². The maximum Gasteiger partial charge on any atom is 0.0485 e.